The number of aryl methyl sites for hydroxylation is 2. The summed E-state index contributed by atoms with van der Waals surface area (Å²) in [6.45, 7) is 7.04. The Hall–Kier alpha value is -3.04. The van der Waals surface area contributed by atoms with Crippen molar-refractivity contribution in [3.63, 3.8) is 0 Å². The van der Waals surface area contributed by atoms with Gasteiger partial charge in [0.05, 0.1) is 4.90 Å². The number of nitrogens with one attached hydrogen (secondary N) is 1. The summed E-state index contributed by atoms with van der Waals surface area (Å²) in [7, 11) is -3.57. The molecule has 1 atom stereocenters. The summed E-state index contributed by atoms with van der Waals surface area (Å²) >= 11 is 0. The van der Waals surface area contributed by atoms with Gasteiger partial charge in [0.1, 0.15) is 0 Å². The second-order valence-corrected chi connectivity index (χ2v) is 10.3. The molecule has 8 nitrogen and oxygen atoms in total. The molecule has 1 unspecified atom stereocenters. The summed E-state index contributed by atoms with van der Waals surface area (Å²) in [5, 5.41) is 10.5. The molecule has 9 heteroatoms. The average Bonchev–Trinajstić information content (AvgIpc) is 3.22. The van der Waals surface area contributed by atoms with Crippen LogP contribution < -0.4 is 5.32 Å². The van der Waals surface area contributed by atoms with E-state index in [0.717, 1.165) is 29.5 Å². The number of rotatable bonds is 5. The monoisotopic (exact) mass is 454 g/mol. The molecule has 0 aliphatic carbocycles. The highest BCUT2D eigenvalue weighted by atomic mass is 32.2. The lowest BCUT2D eigenvalue weighted by Gasteiger charge is -2.30. The van der Waals surface area contributed by atoms with Gasteiger partial charge in [-0.15, -0.1) is 5.10 Å². The SMILES string of the molecule is Cc1ccc(-c2nnc(NC(=O)c3ccc(S(=O)(=O)N4CCCC(C)C4)cc3)o2)c(C)c1. The van der Waals surface area contributed by atoms with Gasteiger partial charge in [-0.1, -0.05) is 29.7 Å². The Morgan fingerprint density at radius 3 is 2.56 bits per heavy atom. The molecule has 1 aliphatic heterocycles. The van der Waals surface area contributed by atoms with E-state index >= 15 is 0 Å². The second-order valence-electron chi connectivity index (χ2n) is 8.32. The molecule has 1 fully saturated rings. The van der Waals surface area contributed by atoms with Gasteiger partial charge in [-0.25, -0.2) is 8.42 Å². The first-order chi connectivity index (χ1) is 15.2. The molecule has 2 heterocycles. The highest BCUT2D eigenvalue weighted by Gasteiger charge is 2.28. The smallest absolute Gasteiger partial charge is 0.322 e. The highest BCUT2D eigenvalue weighted by Crippen LogP contribution is 2.26. The van der Waals surface area contributed by atoms with Crippen LogP contribution in [0.1, 0.15) is 41.3 Å². The predicted molar refractivity (Wildman–Crippen MR) is 121 cm³/mol. The van der Waals surface area contributed by atoms with E-state index in [1.165, 1.54) is 28.6 Å². The maximum atomic E-state index is 12.9. The number of carbonyl (C=O) groups excluding carboxylic acids is 1. The van der Waals surface area contributed by atoms with Gasteiger partial charge >= 0.3 is 6.01 Å². The van der Waals surface area contributed by atoms with E-state index in [9.17, 15) is 13.2 Å². The lowest BCUT2D eigenvalue weighted by molar-refractivity contribution is 0.102. The summed E-state index contributed by atoms with van der Waals surface area (Å²) in [6, 6.07) is 11.7. The molecule has 0 spiro atoms. The molecule has 0 saturated carbocycles. The van der Waals surface area contributed by atoms with Crippen molar-refractivity contribution in [2.24, 2.45) is 5.92 Å². The van der Waals surface area contributed by atoms with E-state index in [4.69, 9.17) is 4.42 Å². The third kappa shape index (κ3) is 4.58. The van der Waals surface area contributed by atoms with Gasteiger partial charge in [0.25, 0.3) is 5.91 Å². The number of anilines is 1. The summed E-state index contributed by atoms with van der Waals surface area (Å²) < 4.78 is 32.9. The fraction of sp³-hybridized carbons (Fsp3) is 0.348. The second kappa shape index (κ2) is 8.84. The minimum absolute atomic E-state index is 0.0241. The molecule has 4 rings (SSSR count). The molecule has 1 aromatic heterocycles. The molecule has 1 amide bonds. The molecule has 1 saturated heterocycles. The van der Waals surface area contributed by atoms with E-state index in [1.54, 1.807) is 0 Å². The molecular formula is C23H26N4O4S. The number of hydrogen-bond donors (Lipinski definition) is 1. The Bertz CT molecular complexity index is 1240. The van der Waals surface area contributed by atoms with Gasteiger partial charge in [0.2, 0.25) is 15.9 Å². The fourth-order valence-electron chi connectivity index (χ4n) is 3.90. The van der Waals surface area contributed by atoms with E-state index in [0.29, 0.717) is 30.5 Å². The van der Waals surface area contributed by atoms with E-state index in [2.05, 4.69) is 22.4 Å². The van der Waals surface area contributed by atoms with E-state index in [-0.39, 0.29) is 10.9 Å². The Balaban J connectivity index is 1.46. The molecule has 0 radical (unpaired) electrons. The Morgan fingerprint density at radius 2 is 1.88 bits per heavy atom. The van der Waals surface area contributed by atoms with Crippen LogP contribution in [0.3, 0.4) is 0 Å². The van der Waals surface area contributed by atoms with Crippen molar-refractivity contribution in [3.8, 4) is 11.5 Å². The van der Waals surface area contributed by atoms with Gasteiger partial charge in [0.15, 0.2) is 0 Å². The number of aromatic nitrogens is 2. The number of nitrogens with zero attached hydrogens (tertiary/aromatic N) is 3. The molecule has 0 bridgehead atoms. The Kier molecular flexibility index (Phi) is 6.12. The third-order valence-electron chi connectivity index (χ3n) is 5.63. The van der Waals surface area contributed by atoms with Crippen molar-refractivity contribution in [1.29, 1.82) is 0 Å². The maximum Gasteiger partial charge on any atom is 0.322 e. The standard InChI is InChI=1S/C23H26N4O4S/c1-15-6-11-20(17(3)13-15)22-25-26-23(31-22)24-21(28)18-7-9-19(10-8-18)32(29,30)27-12-4-5-16(2)14-27/h6-11,13,16H,4-5,12,14H2,1-3H3,(H,24,26,28). The third-order valence-corrected chi connectivity index (χ3v) is 7.51. The van der Waals surface area contributed by atoms with Gasteiger partial charge in [-0.3, -0.25) is 10.1 Å². The molecule has 3 aromatic rings. The van der Waals surface area contributed by atoms with Crippen LogP contribution in [-0.4, -0.2) is 41.9 Å². The van der Waals surface area contributed by atoms with Crippen LogP contribution in [0.25, 0.3) is 11.5 Å². The quantitative estimate of drug-likeness (QED) is 0.624. The molecule has 32 heavy (non-hydrogen) atoms. The van der Waals surface area contributed by atoms with Gasteiger partial charge in [0, 0.05) is 24.2 Å². The van der Waals surface area contributed by atoms with Crippen LogP contribution in [0.2, 0.25) is 0 Å². The van der Waals surface area contributed by atoms with Gasteiger partial charge in [-0.2, -0.15) is 4.31 Å². The van der Waals surface area contributed by atoms with Crippen molar-refractivity contribution in [3.05, 3.63) is 59.2 Å². The normalized spacial score (nSPS) is 17.3. The first-order valence-corrected chi connectivity index (χ1v) is 12.0. The molecule has 1 N–H and O–H groups in total. The Labute approximate surface area is 187 Å². The van der Waals surface area contributed by atoms with Crippen LogP contribution in [0, 0.1) is 19.8 Å². The molecule has 1 aliphatic rings. The fourth-order valence-corrected chi connectivity index (χ4v) is 5.50. The van der Waals surface area contributed by atoms with Crippen LogP contribution >= 0.6 is 0 Å². The Morgan fingerprint density at radius 1 is 1.12 bits per heavy atom. The topological polar surface area (TPSA) is 105 Å². The first kappa shape index (κ1) is 22.2. The van der Waals surface area contributed by atoms with Crippen LogP contribution in [-0.2, 0) is 10.0 Å². The number of sulfonamides is 1. The maximum absolute atomic E-state index is 12.9. The van der Waals surface area contributed by atoms with Crippen LogP contribution in [0.5, 0.6) is 0 Å². The summed E-state index contributed by atoms with van der Waals surface area (Å²) in [4.78, 5) is 12.8. The predicted octanol–water partition coefficient (Wildman–Crippen LogP) is 4.03. The van der Waals surface area contributed by atoms with Crippen molar-refractivity contribution < 1.29 is 17.6 Å². The molecule has 168 valence electrons. The van der Waals surface area contributed by atoms with Gasteiger partial charge in [-0.05, 0) is 68.5 Å². The number of hydrogen-bond acceptors (Lipinski definition) is 6. The van der Waals surface area contributed by atoms with Gasteiger partial charge < -0.3 is 4.42 Å². The number of amides is 1. The lowest BCUT2D eigenvalue weighted by Crippen LogP contribution is -2.39. The summed E-state index contributed by atoms with van der Waals surface area (Å²) in [5.41, 5.74) is 3.21. The van der Waals surface area contributed by atoms with Crippen molar-refractivity contribution in [2.75, 3.05) is 18.4 Å². The first-order valence-electron chi connectivity index (χ1n) is 10.6. The number of carbonyl (C=O) groups is 1. The van der Waals surface area contributed by atoms with Crippen molar-refractivity contribution >= 4 is 21.9 Å². The molecule has 2 aromatic carbocycles. The van der Waals surface area contributed by atoms with Crippen molar-refractivity contribution in [2.45, 2.75) is 38.5 Å². The van der Waals surface area contributed by atoms with Crippen LogP contribution in [0.15, 0.2) is 51.8 Å². The summed E-state index contributed by atoms with van der Waals surface area (Å²) in [6.07, 6.45) is 1.89. The van der Waals surface area contributed by atoms with E-state index in [1.807, 2.05) is 32.0 Å². The van der Waals surface area contributed by atoms with Crippen molar-refractivity contribution in [1.82, 2.24) is 14.5 Å². The lowest BCUT2D eigenvalue weighted by atomic mass is 10.0. The number of benzene rings is 2. The number of piperidine rings is 1. The minimum Gasteiger partial charge on any atom is -0.403 e. The van der Waals surface area contributed by atoms with E-state index < -0.39 is 15.9 Å². The average molecular weight is 455 g/mol. The zero-order valence-electron chi connectivity index (χ0n) is 18.3. The van der Waals surface area contributed by atoms with Crippen LogP contribution in [0.4, 0.5) is 6.01 Å². The molecular weight excluding hydrogens is 428 g/mol. The zero-order chi connectivity index (χ0) is 22.9. The highest BCUT2D eigenvalue weighted by molar-refractivity contribution is 7.89. The summed E-state index contributed by atoms with van der Waals surface area (Å²) in [5.74, 6) is 0.193. The zero-order valence-corrected chi connectivity index (χ0v) is 19.1. The minimum atomic E-state index is -3.57. The largest absolute Gasteiger partial charge is 0.403 e.